The van der Waals surface area contributed by atoms with Crippen molar-refractivity contribution in [1.29, 1.82) is 0 Å². The highest BCUT2D eigenvalue weighted by molar-refractivity contribution is 7.37. The number of nitrogens with one attached hydrogen (secondary N) is 2. The number of nitrogens with zero attached hydrogens (tertiary/aromatic N) is 2. The maximum absolute atomic E-state index is 15.2. The summed E-state index contributed by atoms with van der Waals surface area (Å²) in [6.45, 7) is 4.91. The molecule has 0 radical (unpaired) electrons. The Morgan fingerprint density at radius 1 is 0.414 bits per heavy atom. The zero-order valence-electron chi connectivity index (χ0n) is 33.3. The van der Waals surface area contributed by atoms with E-state index >= 15 is 19.2 Å². The average Bonchev–Trinajstić information content (AvgIpc) is 3.24. The molecule has 5 aromatic carbocycles. The Morgan fingerprint density at radius 3 is 1.16 bits per heavy atom. The first-order chi connectivity index (χ1) is 28.4. The van der Waals surface area contributed by atoms with Gasteiger partial charge in [0.1, 0.15) is 0 Å². The molecule has 0 aliphatic heterocycles. The fourth-order valence-corrected chi connectivity index (χ4v) is 10.9. The number of benzene rings is 5. The highest BCUT2D eigenvalue weighted by Crippen LogP contribution is 2.48. The van der Waals surface area contributed by atoms with Crippen molar-refractivity contribution in [3.63, 3.8) is 0 Å². The number of para-hydroxylation sites is 2. The smallest absolute Gasteiger partial charge is 0.263 e. The van der Waals surface area contributed by atoms with Crippen LogP contribution in [0.2, 0.25) is 0 Å². The van der Waals surface area contributed by atoms with E-state index in [2.05, 4.69) is 24.5 Å². The zero-order valence-corrected chi connectivity index (χ0v) is 35.0. The minimum Gasteiger partial charge on any atom is -0.353 e. The highest BCUT2D eigenvalue weighted by atomic mass is 32.1. The first kappa shape index (κ1) is 39.5. The molecule has 8 rings (SSSR count). The number of fused-ring (bicyclic) bond motifs is 4. The molecule has 8 nitrogen and oxygen atoms in total. The number of rotatable bonds is 18. The van der Waals surface area contributed by atoms with Crippen LogP contribution in [0.3, 0.4) is 0 Å². The monoisotopic (exact) mass is 810 g/mol. The summed E-state index contributed by atoms with van der Waals surface area (Å²) < 4.78 is 6.10. The van der Waals surface area contributed by atoms with Crippen molar-refractivity contribution in [3.05, 3.63) is 126 Å². The highest BCUT2D eigenvalue weighted by Gasteiger charge is 2.31. The molecular weight excluding hydrogens is 761 g/mol. The van der Waals surface area contributed by atoms with Crippen molar-refractivity contribution >= 4 is 96.5 Å². The molecule has 0 amide bonds. The van der Waals surface area contributed by atoms with Gasteiger partial charge in [-0.25, -0.2) is 0 Å². The molecule has 0 bridgehead atoms. The fraction of sp³-hybridized carbons (Fsp3) is 0.333. The molecule has 298 valence electrons. The van der Waals surface area contributed by atoms with E-state index in [9.17, 15) is 0 Å². The molecule has 0 spiro atoms. The molecule has 2 N–H and O–H groups in total. The number of hydrogen-bond acceptors (Lipinski definition) is 8. The van der Waals surface area contributed by atoms with Gasteiger partial charge in [0.15, 0.2) is 0 Å². The minimum atomic E-state index is -0.429. The van der Waals surface area contributed by atoms with E-state index < -0.39 is 11.1 Å². The van der Waals surface area contributed by atoms with Crippen LogP contribution in [0.25, 0.3) is 51.1 Å². The number of unbranched alkanes of at least 4 members (excludes halogenated alkanes) is 10. The molecule has 0 aliphatic rings. The standard InChI is InChI=1S/C48H50N4O4S2/c1-3-5-7-9-11-21-29-51-45(53)37-35-36-38(42(50-32-25-17-14-18-26-32)41(37)49-31-23-15-13-16-24-31)46(54)52(30-22-12-10-8-6-4-2)48(56)40(36)44-43(39(35)47(51)55)57-33-27-19-20-28-34(33)58-44/h13-20,23-28,49-50H,3-12,21-22,29-30H2,1-2H3. The lowest BCUT2D eigenvalue weighted by atomic mass is 9.93. The van der Waals surface area contributed by atoms with Gasteiger partial charge < -0.3 is 10.6 Å². The summed E-state index contributed by atoms with van der Waals surface area (Å²) in [5.41, 5.74) is 0.637. The van der Waals surface area contributed by atoms with Gasteiger partial charge >= 0.3 is 0 Å². The van der Waals surface area contributed by atoms with Crippen LogP contribution < -0.4 is 32.9 Å². The maximum Gasteiger partial charge on any atom is 0.263 e. The molecule has 0 atom stereocenters. The Labute approximate surface area is 345 Å². The van der Waals surface area contributed by atoms with E-state index in [-0.39, 0.29) is 24.2 Å². The predicted octanol–water partition coefficient (Wildman–Crippen LogP) is 12.3. The second-order valence-electron chi connectivity index (χ2n) is 15.4. The van der Waals surface area contributed by atoms with Gasteiger partial charge in [0.05, 0.1) is 42.3 Å². The third-order valence-electron chi connectivity index (χ3n) is 11.3. The molecule has 10 heteroatoms. The number of pyridine rings is 2. The normalized spacial score (nSPS) is 11.8. The third kappa shape index (κ3) is 7.44. The quantitative estimate of drug-likeness (QED) is 0.0508. The summed E-state index contributed by atoms with van der Waals surface area (Å²) in [4.78, 5) is 60.6. The predicted molar refractivity (Wildman–Crippen MR) is 248 cm³/mol. The second-order valence-corrected chi connectivity index (χ2v) is 17.5. The largest absolute Gasteiger partial charge is 0.353 e. The van der Waals surface area contributed by atoms with Crippen molar-refractivity contribution in [3.8, 4) is 0 Å². The van der Waals surface area contributed by atoms with Gasteiger partial charge in [-0.3, -0.25) is 28.3 Å². The summed E-state index contributed by atoms with van der Waals surface area (Å²) >= 11 is 2.95. The van der Waals surface area contributed by atoms with Crippen LogP contribution in [0.4, 0.5) is 22.7 Å². The molecule has 0 aliphatic carbocycles. The Kier molecular flexibility index (Phi) is 12.0. The first-order valence-electron chi connectivity index (χ1n) is 21.0. The molecule has 0 fully saturated rings. The Morgan fingerprint density at radius 2 is 0.759 bits per heavy atom. The Balaban J connectivity index is 1.53. The van der Waals surface area contributed by atoms with E-state index in [0.29, 0.717) is 65.9 Å². The average molecular weight is 811 g/mol. The van der Waals surface area contributed by atoms with Gasteiger partial charge in [-0.2, -0.15) is 0 Å². The van der Waals surface area contributed by atoms with Gasteiger partial charge in [-0.15, -0.1) is 22.7 Å². The topological polar surface area (TPSA) is 102 Å². The lowest BCUT2D eigenvalue weighted by Gasteiger charge is -2.23. The van der Waals surface area contributed by atoms with Gasteiger partial charge in [-0.1, -0.05) is 127 Å². The second kappa shape index (κ2) is 17.7. The van der Waals surface area contributed by atoms with Crippen LogP contribution in [0.5, 0.6) is 0 Å². The Hall–Kier alpha value is -5.32. The summed E-state index contributed by atoms with van der Waals surface area (Å²) in [6.07, 6.45) is 12.1. The number of hydrogen-bond donors (Lipinski definition) is 2. The molecular formula is C48H50N4O4S2. The number of aromatic nitrogens is 2. The van der Waals surface area contributed by atoms with E-state index in [1.165, 1.54) is 31.8 Å². The summed E-state index contributed by atoms with van der Waals surface area (Å²) in [5, 5.41) is 9.24. The van der Waals surface area contributed by atoms with Crippen molar-refractivity contribution in [1.82, 2.24) is 9.13 Å². The van der Waals surface area contributed by atoms with E-state index in [0.717, 1.165) is 85.0 Å². The lowest BCUT2D eigenvalue weighted by molar-refractivity contribution is 0.545. The van der Waals surface area contributed by atoms with Crippen molar-refractivity contribution < 1.29 is 0 Å². The van der Waals surface area contributed by atoms with Crippen LogP contribution in [0.1, 0.15) is 90.9 Å². The first-order valence-corrected chi connectivity index (χ1v) is 22.6. The number of anilines is 4. The van der Waals surface area contributed by atoms with Gasteiger partial charge in [0, 0.05) is 44.6 Å². The van der Waals surface area contributed by atoms with Gasteiger partial charge in [-0.05, 0) is 49.2 Å². The van der Waals surface area contributed by atoms with E-state index in [1.807, 2.05) is 84.9 Å². The minimum absolute atomic E-state index is 0.271. The summed E-state index contributed by atoms with van der Waals surface area (Å²) in [7, 11) is 0. The summed E-state index contributed by atoms with van der Waals surface area (Å²) in [6, 6.07) is 27.2. The lowest BCUT2D eigenvalue weighted by Crippen LogP contribution is -2.36. The van der Waals surface area contributed by atoms with Crippen LogP contribution in [-0.4, -0.2) is 9.13 Å². The van der Waals surface area contributed by atoms with Gasteiger partial charge in [0.25, 0.3) is 22.2 Å². The van der Waals surface area contributed by atoms with E-state index in [4.69, 9.17) is 0 Å². The van der Waals surface area contributed by atoms with Crippen molar-refractivity contribution in [2.24, 2.45) is 0 Å². The maximum atomic E-state index is 15.2. The molecule has 3 aromatic heterocycles. The Bertz CT molecular complexity index is 2770. The molecule has 8 aromatic rings. The third-order valence-corrected chi connectivity index (χ3v) is 14.0. The fourth-order valence-electron chi connectivity index (χ4n) is 8.39. The molecule has 0 unspecified atom stereocenters. The molecule has 0 saturated carbocycles. The molecule has 0 saturated heterocycles. The van der Waals surface area contributed by atoms with E-state index in [1.54, 1.807) is 0 Å². The van der Waals surface area contributed by atoms with Crippen molar-refractivity contribution in [2.75, 3.05) is 10.6 Å². The SMILES string of the molecule is CCCCCCCCn1c(=O)c2c(Nc3ccccc3)c(Nc3ccccc3)c3c(=O)n(CCCCCCCC)c(=O)c4c5sc6ccccc6sc5c(c1=O)c2c34. The molecule has 3 heterocycles. The van der Waals surface area contributed by atoms with Crippen molar-refractivity contribution in [2.45, 2.75) is 104 Å². The summed E-state index contributed by atoms with van der Waals surface area (Å²) in [5.74, 6) is 0. The van der Waals surface area contributed by atoms with Crippen LogP contribution in [-0.2, 0) is 13.1 Å². The van der Waals surface area contributed by atoms with Crippen LogP contribution >= 0.6 is 22.7 Å². The zero-order chi connectivity index (χ0) is 40.2. The van der Waals surface area contributed by atoms with Crippen LogP contribution in [0.15, 0.2) is 104 Å². The van der Waals surface area contributed by atoms with Crippen LogP contribution in [0, 0.1) is 0 Å². The molecule has 58 heavy (non-hydrogen) atoms. The van der Waals surface area contributed by atoms with Gasteiger partial charge in [0.2, 0.25) is 0 Å².